The minimum atomic E-state index is 0.810. The Morgan fingerprint density at radius 3 is 1.93 bits per heavy atom. The van der Waals surface area contributed by atoms with Gasteiger partial charge in [0.2, 0.25) is 0 Å². The lowest BCUT2D eigenvalue weighted by Gasteiger charge is -2.27. The second-order valence-electron chi connectivity index (χ2n) is 5.99. The summed E-state index contributed by atoms with van der Waals surface area (Å²) in [7, 11) is 0. The van der Waals surface area contributed by atoms with E-state index in [1.165, 1.54) is 6.42 Å². The predicted molar refractivity (Wildman–Crippen MR) is 62.2 cm³/mol. The lowest BCUT2D eigenvalue weighted by atomic mass is 9.76. The molecule has 0 radical (unpaired) electrons. The summed E-state index contributed by atoms with van der Waals surface area (Å²) in [6.45, 7) is 4.61. The van der Waals surface area contributed by atoms with Gasteiger partial charge in [0.1, 0.15) is 0 Å². The van der Waals surface area contributed by atoms with E-state index < -0.39 is 0 Å². The maximum absolute atomic E-state index is 2.50. The Hall–Kier alpha value is -0.780. The standard InChI is InChI=1S/C15H18/c1-8(2)13-11-5-6-12(13)15-10-4-3-9(7-10)14(11)15/h3-6,9-12,14-15H,7H2,1-2H3. The lowest BCUT2D eigenvalue weighted by Crippen LogP contribution is -2.23. The highest BCUT2D eigenvalue weighted by Crippen LogP contribution is 2.65. The molecule has 2 saturated carbocycles. The van der Waals surface area contributed by atoms with E-state index in [9.17, 15) is 0 Å². The zero-order valence-electron chi connectivity index (χ0n) is 9.48. The summed E-state index contributed by atoms with van der Waals surface area (Å²) < 4.78 is 0. The van der Waals surface area contributed by atoms with Gasteiger partial charge in [-0.1, -0.05) is 35.5 Å². The smallest absolute Gasteiger partial charge is 0.00225 e. The maximum atomic E-state index is 2.50. The summed E-state index contributed by atoms with van der Waals surface area (Å²) >= 11 is 0. The molecule has 15 heavy (non-hydrogen) atoms. The Morgan fingerprint density at radius 1 is 0.933 bits per heavy atom. The first-order valence-electron chi connectivity index (χ1n) is 6.31. The zero-order chi connectivity index (χ0) is 10.2. The van der Waals surface area contributed by atoms with Gasteiger partial charge < -0.3 is 0 Å². The first kappa shape index (κ1) is 8.38. The second-order valence-corrected chi connectivity index (χ2v) is 5.99. The Morgan fingerprint density at radius 2 is 1.47 bits per heavy atom. The van der Waals surface area contributed by atoms with Crippen LogP contribution in [0.5, 0.6) is 0 Å². The number of allylic oxidation sites excluding steroid dienone is 6. The van der Waals surface area contributed by atoms with Gasteiger partial charge in [-0.15, -0.1) is 0 Å². The van der Waals surface area contributed by atoms with Crippen LogP contribution in [0.3, 0.4) is 0 Å². The monoisotopic (exact) mass is 198 g/mol. The highest BCUT2D eigenvalue weighted by atomic mass is 14.6. The summed E-state index contributed by atoms with van der Waals surface area (Å²) in [6.07, 6.45) is 11.5. The van der Waals surface area contributed by atoms with Crippen LogP contribution < -0.4 is 0 Å². The van der Waals surface area contributed by atoms with Crippen LogP contribution in [0.1, 0.15) is 20.3 Å². The molecule has 0 spiro atoms. The van der Waals surface area contributed by atoms with Crippen molar-refractivity contribution in [1.29, 1.82) is 0 Å². The summed E-state index contributed by atoms with van der Waals surface area (Å²) in [5, 5.41) is 0. The van der Waals surface area contributed by atoms with E-state index in [1.54, 1.807) is 11.1 Å². The molecule has 0 aromatic rings. The molecule has 6 atom stereocenters. The molecule has 78 valence electrons. The van der Waals surface area contributed by atoms with Crippen molar-refractivity contribution < 1.29 is 0 Å². The van der Waals surface area contributed by atoms with Crippen molar-refractivity contribution in [3.8, 4) is 0 Å². The summed E-state index contributed by atoms with van der Waals surface area (Å²) in [4.78, 5) is 0. The summed E-state index contributed by atoms with van der Waals surface area (Å²) in [5.74, 6) is 5.39. The third-order valence-corrected chi connectivity index (χ3v) is 5.23. The average Bonchev–Trinajstić information content (AvgIpc) is 2.95. The van der Waals surface area contributed by atoms with Crippen LogP contribution in [0.25, 0.3) is 0 Å². The fourth-order valence-corrected chi connectivity index (χ4v) is 4.92. The molecular weight excluding hydrogens is 180 g/mol. The van der Waals surface area contributed by atoms with Crippen LogP contribution in [-0.2, 0) is 0 Å². The first-order chi connectivity index (χ1) is 7.27. The van der Waals surface area contributed by atoms with Crippen LogP contribution in [-0.4, -0.2) is 0 Å². The molecule has 2 fully saturated rings. The molecule has 4 aliphatic rings. The predicted octanol–water partition coefficient (Wildman–Crippen LogP) is 3.58. The van der Waals surface area contributed by atoms with E-state index in [-0.39, 0.29) is 0 Å². The van der Waals surface area contributed by atoms with E-state index in [1.807, 2.05) is 0 Å². The Balaban J connectivity index is 1.86. The van der Waals surface area contributed by atoms with Crippen molar-refractivity contribution in [1.82, 2.24) is 0 Å². The van der Waals surface area contributed by atoms with Crippen molar-refractivity contribution >= 4 is 0 Å². The highest BCUT2D eigenvalue weighted by molar-refractivity contribution is 5.42. The quantitative estimate of drug-likeness (QED) is 0.412. The van der Waals surface area contributed by atoms with Crippen LogP contribution in [0.4, 0.5) is 0 Å². The molecule has 6 unspecified atom stereocenters. The van der Waals surface area contributed by atoms with Gasteiger partial charge >= 0.3 is 0 Å². The Bertz CT molecular complexity index is 376. The summed E-state index contributed by atoms with van der Waals surface area (Å²) in [6, 6.07) is 0. The van der Waals surface area contributed by atoms with Crippen molar-refractivity contribution in [3.63, 3.8) is 0 Å². The minimum absolute atomic E-state index is 0.810. The van der Waals surface area contributed by atoms with Gasteiger partial charge in [-0.2, -0.15) is 0 Å². The van der Waals surface area contributed by atoms with Crippen LogP contribution in [0.15, 0.2) is 35.5 Å². The Labute approximate surface area is 91.8 Å². The first-order valence-corrected chi connectivity index (χ1v) is 6.31. The van der Waals surface area contributed by atoms with Gasteiger partial charge in [0.05, 0.1) is 0 Å². The van der Waals surface area contributed by atoms with Gasteiger partial charge in [0.25, 0.3) is 0 Å². The largest absolute Gasteiger partial charge is 0.0848 e. The van der Waals surface area contributed by atoms with Gasteiger partial charge in [-0.3, -0.25) is 0 Å². The van der Waals surface area contributed by atoms with Crippen LogP contribution in [0.2, 0.25) is 0 Å². The van der Waals surface area contributed by atoms with Gasteiger partial charge in [0, 0.05) is 11.8 Å². The van der Waals surface area contributed by atoms with E-state index in [0.717, 1.165) is 35.5 Å². The van der Waals surface area contributed by atoms with Crippen molar-refractivity contribution in [2.75, 3.05) is 0 Å². The molecule has 4 rings (SSSR count). The SMILES string of the molecule is CC(C)=C1C2C=CC1C1C3C=CC(C3)C21. The topological polar surface area (TPSA) is 0 Å². The number of fused-ring (bicyclic) bond motifs is 9. The molecule has 0 aliphatic heterocycles. The fraction of sp³-hybridized carbons (Fsp3) is 0.600. The molecule has 4 bridgehead atoms. The van der Waals surface area contributed by atoms with Crippen LogP contribution in [0, 0.1) is 35.5 Å². The highest BCUT2D eigenvalue weighted by Gasteiger charge is 2.58. The third kappa shape index (κ3) is 0.814. The molecular formula is C15H18. The number of rotatable bonds is 0. The molecule has 0 N–H and O–H groups in total. The molecule has 0 aromatic heterocycles. The number of hydrogen-bond acceptors (Lipinski definition) is 0. The maximum Gasteiger partial charge on any atom is 0.00225 e. The molecule has 4 aliphatic carbocycles. The van der Waals surface area contributed by atoms with Gasteiger partial charge in [0.15, 0.2) is 0 Å². The normalized spacial score (nSPS) is 53.1. The molecule has 0 nitrogen and oxygen atoms in total. The van der Waals surface area contributed by atoms with Gasteiger partial charge in [-0.05, 0) is 43.9 Å². The average molecular weight is 198 g/mol. The van der Waals surface area contributed by atoms with E-state index in [4.69, 9.17) is 0 Å². The van der Waals surface area contributed by atoms with E-state index in [0.29, 0.717) is 0 Å². The van der Waals surface area contributed by atoms with E-state index in [2.05, 4.69) is 38.2 Å². The van der Waals surface area contributed by atoms with Crippen molar-refractivity contribution in [2.24, 2.45) is 35.5 Å². The van der Waals surface area contributed by atoms with Crippen molar-refractivity contribution in [3.05, 3.63) is 35.5 Å². The minimum Gasteiger partial charge on any atom is -0.0848 e. The third-order valence-electron chi connectivity index (χ3n) is 5.23. The van der Waals surface area contributed by atoms with E-state index >= 15 is 0 Å². The summed E-state index contributed by atoms with van der Waals surface area (Å²) in [5.41, 5.74) is 3.37. The number of hydrogen-bond donors (Lipinski definition) is 0. The molecule has 0 amide bonds. The molecule has 0 heterocycles. The molecule has 0 aromatic carbocycles. The van der Waals surface area contributed by atoms with Crippen molar-refractivity contribution in [2.45, 2.75) is 20.3 Å². The zero-order valence-corrected chi connectivity index (χ0v) is 9.48. The molecule has 0 saturated heterocycles. The molecule has 0 heteroatoms. The lowest BCUT2D eigenvalue weighted by molar-refractivity contribution is 0.290. The van der Waals surface area contributed by atoms with Crippen LogP contribution >= 0.6 is 0 Å². The van der Waals surface area contributed by atoms with Gasteiger partial charge in [-0.25, -0.2) is 0 Å². The Kier molecular flexibility index (Phi) is 1.39. The second kappa shape index (κ2) is 2.48. The fourth-order valence-electron chi connectivity index (χ4n) is 4.92.